The topological polar surface area (TPSA) is 78.0 Å². The highest BCUT2D eigenvalue weighted by Crippen LogP contribution is 2.25. The van der Waals surface area contributed by atoms with Gasteiger partial charge in [-0.3, -0.25) is 9.89 Å². The monoisotopic (exact) mass is 331 g/mol. The zero-order chi connectivity index (χ0) is 14.8. The summed E-state index contributed by atoms with van der Waals surface area (Å²) in [6.07, 6.45) is -0.598. The van der Waals surface area contributed by atoms with Gasteiger partial charge in [-0.05, 0) is 27.3 Å². The summed E-state index contributed by atoms with van der Waals surface area (Å²) in [7, 11) is 0. The zero-order valence-corrected chi connectivity index (χ0v) is 13.6. The number of aromatic nitrogens is 2. The minimum atomic E-state index is -0.598. The Morgan fingerprint density at radius 3 is 2.47 bits per heavy atom. The fourth-order valence-electron chi connectivity index (χ4n) is 1.45. The molecule has 0 bridgehead atoms. The number of aromatic amines is 1. The van der Waals surface area contributed by atoms with Crippen LogP contribution in [0.1, 0.15) is 56.7 Å². The molecule has 1 rings (SSSR count). The number of hydrogen-bond acceptors (Lipinski definition) is 3. The molecule has 1 heterocycles. The first-order valence-corrected chi connectivity index (χ1v) is 7.14. The summed E-state index contributed by atoms with van der Waals surface area (Å²) in [5.74, 6) is -0.0399. The molecule has 1 amide bonds. The Morgan fingerprint density at radius 1 is 1.47 bits per heavy atom. The number of rotatable bonds is 4. The summed E-state index contributed by atoms with van der Waals surface area (Å²) in [5.41, 5.74) is 0.949. The molecule has 0 aliphatic heterocycles. The Hall–Kier alpha value is -0.880. The van der Waals surface area contributed by atoms with Crippen LogP contribution in [0.15, 0.2) is 4.47 Å². The number of aliphatic hydroxyl groups is 1. The van der Waals surface area contributed by atoms with Crippen molar-refractivity contribution in [3.05, 3.63) is 15.9 Å². The summed E-state index contributed by atoms with van der Waals surface area (Å²) in [5, 5.41) is 19.5. The van der Waals surface area contributed by atoms with Gasteiger partial charge < -0.3 is 10.4 Å². The van der Waals surface area contributed by atoms with Crippen LogP contribution in [0.5, 0.6) is 0 Å². The molecule has 108 valence electrons. The van der Waals surface area contributed by atoms with Crippen molar-refractivity contribution in [2.75, 3.05) is 6.54 Å². The minimum absolute atomic E-state index is 0.207. The van der Waals surface area contributed by atoms with Crippen molar-refractivity contribution >= 4 is 21.8 Å². The van der Waals surface area contributed by atoms with E-state index in [-0.39, 0.29) is 23.8 Å². The lowest BCUT2D eigenvalue weighted by atomic mass is 9.89. The first-order valence-electron chi connectivity index (χ1n) is 6.34. The standard InChI is InChI=1S/C13H22BrN3O2/c1-7(2)10-9(14)11(17-16-10)12(19)15-6-8(18)13(3,4)5/h7-8,18H,6H2,1-5H3,(H,15,19)(H,16,17). The number of amides is 1. The Labute approximate surface area is 122 Å². The number of halogens is 1. The maximum Gasteiger partial charge on any atom is 0.273 e. The number of nitrogens with zero attached hydrogens (tertiary/aromatic N) is 1. The van der Waals surface area contributed by atoms with Gasteiger partial charge in [-0.15, -0.1) is 0 Å². The number of nitrogens with one attached hydrogen (secondary N) is 2. The van der Waals surface area contributed by atoms with E-state index in [0.29, 0.717) is 10.2 Å². The van der Waals surface area contributed by atoms with Gasteiger partial charge in [0.1, 0.15) is 0 Å². The first kappa shape index (κ1) is 16.2. The number of carbonyl (C=O) groups is 1. The predicted octanol–water partition coefficient (Wildman–Crippen LogP) is 2.43. The van der Waals surface area contributed by atoms with Crippen molar-refractivity contribution in [3.63, 3.8) is 0 Å². The molecule has 6 heteroatoms. The van der Waals surface area contributed by atoms with Gasteiger partial charge in [-0.2, -0.15) is 5.10 Å². The van der Waals surface area contributed by atoms with Crippen LogP contribution in [0.3, 0.4) is 0 Å². The minimum Gasteiger partial charge on any atom is -0.391 e. The Bertz CT molecular complexity index is 449. The van der Waals surface area contributed by atoms with Crippen LogP contribution < -0.4 is 5.32 Å². The summed E-state index contributed by atoms with van der Waals surface area (Å²) in [4.78, 5) is 12.0. The number of carbonyl (C=O) groups excluding carboxylic acids is 1. The molecule has 1 atom stereocenters. The smallest absolute Gasteiger partial charge is 0.273 e. The third kappa shape index (κ3) is 4.04. The highest BCUT2D eigenvalue weighted by atomic mass is 79.9. The highest BCUT2D eigenvalue weighted by molar-refractivity contribution is 9.10. The van der Waals surface area contributed by atoms with Gasteiger partial charge in [0.25, 0.3) is 5.91 Å². The molecule has 0 saturated heterocycles. The second-order valence-corrected chi connectivity index (χ2v) is 6.84. The molecule has 0 aromatic carbocycles. The van der Waals surface area contributed by atoms with Crippen molar-refractivity contribution in [2.24, 2.45) is 5.41 Å². The average molecular weight is 332 g/mol. The summed E-state index contributed by atoms with van der Waals surface area (Å²) >= 11 is 3.38. The lowest BCUT2D eigenvalue weighted by Gasteiger charge is -2.25. The maximum absolute atomic E-state index is 12.0. The van der Waals surface area contributed by atoms with E-state index in [1.807, 2.05) is 34.6 Å². The van der Waals surface area contributed by atoms with Crippen molar-refractivity contribution < 1.29 is 9.90 Å². The van der Waals surface area contributed by atoms with Crippen molar-refractivity contribution in [1.29, 1.82) is 0 Å². The van der Waals surface area contributed by atoms with Crippen LogP contribution in [0, 0.1) is 5.41 Å². The van der Waals surface area contributed by atoms with E-state index in [9.17, 15) is 9.90 Å². The first-order chi connectivity index (χ1) is 8.64. The van der Waals surface area contributed by atoms with Crippen LogP contribution in [0.25, 0.3) is 0 Å². The fourth-order valence-corrected chi connectivity index (χ4v) is 2.27. The molecule has 0 fully saturated rings. The summed E-state index contributed by atoms with van der Waals surface area (Å²) in [6, 6.07) is 0. The molecule has 1 aromatic rings. The summed E-state index contributed by atoms with van der Waals surface area (Å²) < 4.78 is 0.685. The molecule has 3 N–H and O–H groups in total. The Morgan fingerprint density at radius 2 is 2.05 bits per heavy atom. The summed E-state index contributed by atoms with van der Waals surface area (Å²) in [6.45, 7) is 10.0. The molecule has 0 radical (unpaired) electrons. The molecule has 0 aliphatic carbocycles. The highest BCUT2D eigenvalue weighted by Gasteiger charge is 2.24. The predicted molar refractivity (Wildman–Crippen MR) is 78.2 cm³/mol. The van der Waals surface area contributed by atoms with Gasteiger partial charge >= 0.3 is 0 Å². The second-order valence-electron chi connectivity index (χ2n) is 6.05. The van der Waals surface area contributed by atoms with E-state index in [1.54, 1.807) is 0 Å². The van der Waals surface area contributed by atoms with Crippen LogP contribution in [0.4, 0.5) is 0 Å². The molecule has 1 aromatic heterocycles. The van der Waals surface area contributed by atoms with Crippen molar-refractivity contribution in [3.8, 4) is 0 Å². The van der Waals surface area contributed by atoms with E-state index in [2.05, 4.69) is 31.4 Å². The van der Waals surface area contributed by atoms with E-state index >= 15 is 0 Å². The number of hydrogen-bond donors (Lipinski definition) is 3. The molecule has 1 unspecified atom stereocenters. The van der Waals surface area contributed by atoms with Gasteiger partial charge in [0.05, 0.1) is 16.3 Å². The van der Waals surface area contributed by atoms with Gasteiger partial charge in [0, 0.05) is 6.54 Å². The Balaban J connectivity index is 2.70. The lowest BCUT2D eigenvalue weighted by Crippen LogP contribution is -2.39. The van der Waals surface area contributed by atoms with Crippen molar-refractivity contribution in [1.82, 2.24) is 15.5 Å². The van der Waals surface area contributed by atoms with Crippen LogP contribution in [0.2, 0.25) is 0 Å². The van der Waals surface area contributed by atoms with Crippen molar-refractivity contribution in [2.45, 2.75) is 46.6 Å². The SMILES string of the molecule is CC(C)c1[nH]nc(C(=O)NCC(O)C(C)(C)C)c1Br. The zero-order valence-electron chi connectivity index (χ0n) is 12.0. The molecular weight excluding hydrogens is 310 g/mol. The third-order valence-electron chi connectivity index (χ3n) is 2.98. The maximum atomic E-state index is 12.0. The largest absolute Gasteiger partial charge is 0.391 e. The lowest BCUT2D eigenvalue weighted by molar-refractivity contribution is 0.0585. The molecule has 5 nitrogen and oxygen atoms in total. The fraction of sp³-hybridized carbons (Fsp3) is 0.692. The van der Waals surface area contributed by atoms with Gasteiger partial charge in [-0.25, -0.2) is 0 Å². The molecule has 0 aliphatic rings. The van der Waals surface area contributed by atoms with Crippen LogP contribution in [-0.4, -0.2) is 33.9 Å². The van der Waals surface area contributed by atoms with E-state index in [1.165, 1.54) is 0 Å². The van der Waals surface area contributed by atoms with E-state index in [0.717, 1.165) is 5.69 Å². The van der Waals surface area contributed by atoms with E-state index < -0.39 is 6.10 Å². The second kappa shape index (κ2) is 6.05. The Kier molecular flexibility index (Phi) is 5.15. The quantitative estimate of drug-likeness (QED) is 0.792. The van der Waals surface area contributed by atoms with Crippen LogP contribution >= 0.6 is 15.9 Å². The number of H-pyrrole nitrogens is 1. The van der Waals surface area contributed by atoms with E-state index in [4.69, 9.17) is 0 Å². The third-order valence-corrected chi connectivity index (χ3v) is 3.78. The van der Waals surface area contributed by atoms with Gasteiger partial charge in [-0.1, -0.05) is 34.6 Å². The molecule has 0 spiro atoms. The van der Waals surface area contributed by atoms with Gasteiger partial charge in [0.15, 0.2) is 5.69 Å². The average Bonchev–Trinajstić information content (AvgIpc) is 2.66. The molecule has 19 heavy (non-hydrogen) atoms. The molecular formula is C13H22BrN3O2. The molecule has 0 saturated carbocycles. The van der Waals surface area contributed by atoms with Gasteiger partial charge in [0.2, 0.25) is 0 Å². The number of aliphatic hydroxyl groups excluding tert-OH is 1. The van der Waals surface area contributed by atoms with Crippen LogP contribution in [-0.2, 0) is 0 Å². The normalized spacial score (nSPS) is 13.7.